The molecular weight excluding hydrogens is 410 g/mol. The van der Waals surface area contributed by atoms with Gasteiger partial charge in [0.2, 0.25) is 0 Å². The van der Waals surface area contributed by atoms with Gasteiger partial charge in [-0.3, -0.25) is 0 Å². The molecule has 0 amide bonds. The summed E-state index contributed by atoms with van der Waals surface area (Å²) in [6.45, 7) is 10.7. The Labute approximate surface area is 187 Å². The lowest BCUT2D eigenvalue weighted by atomic mass is 9.98. The van der Waals surface area contributed by atoms with Crippen molar-refractivity contribution < 1.29 is 19.7 Å². The first-order chi connectivity index (χ1) is 15.3. The van der Waals surface area contributed by atoms with E-state index in [1.54, 1.807) is 6.07 Å². The number of rotatable bonds is 7. The van der Waals surface area contributed by atoms with Crippen molar-refractivity contribution in [1.82, 2.24) is 14.8 Å². The molecule has 8 heteroatoms. The lowest BCUT2D eigenvalue weighted by Gasteiger charge is -2.16. The Morgan fingerprint density at radius 1 is 1.28 bits per heavy atom. The van der Waals surface area contributed by atoms with Gasteiger partial charge in [0.1, 0.15) is 18.3 Å². The molecule has 0 spiro atoms. The van der Waals surface area contributed by atoms with Crippen LogP contribution in [0.15, 0.2) is 47.3 Å². The van der Waals surface area contributed by atoms with Crippen LogP contribution in [0.1, 0.15) is 51.5 Å². The van der Waals surface area contributed by atoms with E-state index in [2.05, 4.69) is 16.8 Å². The summed E-state index contributed by atoms with van der Waals surface area (Å²) in [7, 11) is 0. The minimum atomic E-state index is -0.427. The summed E-state index contributed by atoms with van der Waals surface area (Å²) in [6.07, 6.45) is 7.63. The van der Waals surface area contributed by atoms with Gasteiger partial charge in [-0.2, -0.15) is 5.10 Å². The van der Waals surface area contributed by atoms with Gasteiger partial charge >= 0.3 is 5.69 Å². The summed E-state index contributed by atoms with van der Waals surface area (Å²) in [4.78, 5) is 12.7. The third-order valence-electron chi connectivity index (χ3n) is 5.35. The largest absolute Gasteiger partial charge is 0.508 e. The Balaban J connectivity index is 1.99. The van der Waals surface area contributed by atoms with Crippen LogP contribution in [0.4, 0.5) is 0 Å². The lowest BCUT2D eigenvalue weighted by Crippen LogP contribution is -2.16. The number of phenolic OH excluding ortho intramolecular Hbond substituents is 2. The average Bonchev–Trinajstić information content (AvgIpc) is 3.14. The molecule has 0 radical (unpaired) electrons. The third kappa shape index (κ3) is 5.38. The number of aromatic nitrogens is 3. The van der Waals surface area contributed by atoms with Gasteiger partial charge in [0.25, 0.3) is 0 Å². The van der Waals surface area contributed by atoms with Crippen molar-refractivity contribution in [3.63, 3.8) is 0 Å². The monoisotopic (exact) mass is 441 g/mol. The van der Waals surface area contributed by atoms with Crippen LogP contribution < -0.4 is 5.69 Å². The van der Waals surface area contributed by atoms with Crippen molar-refractivity contribution in [3.8, 4) is 22.9 Å². The van der Waals surface area contributed by atoms with Crippen LogP contribution in [-0.2, 0) is 9.47 Å². The maximum atomic E-state index is 12.7. The maximum absolute atomic E-state index is 12.7. The molecule has 1 aromatic heterocycles. The molecule has 0 aliphatic heterocycles. The number of hydrogen-bond acceptors (Lipinski definition) is 6. The number of aromatic amines is 1. The number of nitrogens with zero attached hydrogens (tertiary/aromatic N) is 2. The summed E-state index contributed by atoms with van der Waals surface area (Å²) in [5, 5.41) is 27.3. The van der Waals surface area contributed by atoms with Crippen molar-refractivity contribution in [1.29, 1.82) is 0 Å². The fraction of sp³-hybridized carbons (Fsp3) is 0.417. The van der Waals surface area contributed by atoms with E-state index in [4.69, 9.17) is 9.47 Å². The van der Waals surface area contributed by atoms with Crippen molar-refractivity contribution in [3.05, 3.63) is 58.6 Å². The van der Waals surface area contributed by atoms with E-state index < -0.39 is 5.69 Å². The predicted octanol–water partition coefficient (Wildman–Crippen LogP) is 4.29. The van der Waals surface area contributed by atoms with Crippen LogP contribution in [0, 0.1) is 0 Å². The highest BCUT2D eigenvalue weighted by atomic mass is 16.7. The number of hydrogen-bond donors (Lipinski definition) is 3. The zero-order valence-electron chi connectivity index (χ0n) is 18.8. The van der Waals surface area contributed by atoms with E-state index in [1.165, 1.54) is 10.6 Å². The maximum Gasteiger partial charge on any atom is 0.348 e. The minimum absolute atomic E-state index is 0.00151. The Bertz CT molecular complexity index is 1080. The molecule has 32 heavy (non-hydrogen) atoms. The van der Waals surface area contributed by atoms with E-state index in [0.29, 0.717) is 36.3 Å². The zero-order valence-corrected chi connectivity index (χ0v) is 18.8. The third-order valence-corrected chi connectivity index (χ3v) is 5.35. The molecule has 3 rings (SSSR count). The van der Waals surface area contributed by atoms with Crippen LogP contribution in [0.3, 0.4) is 0 Å². The molecule has 1 aliphatic carbocycles. The number of phenols is 2. The SMILES string of the molecule is C=C1/C=C\C(n2c(-c3cc(C(C)C)c(O)cc3O)n[nH]c2=O)=C/CCC(OCOCC)C1. The van der Waals surface area contributed by atoms with Gasteiger partial charge < -0.3 is 19.7 Å². The standard InChI is InChI=1S/C24H31N3O5/c1-5-31-14-32-18-8-6-7-17(10-9-16(4)11-18)27-23(25-26-24(27)30)20-12-19(15(2)3)21(28)13-22(20)29/h7,9-10,12-13,15,18,28-29H,4-6,8,11,14H2,1-3H3,(H,26,30)/b10-9-,17-7+. The fourth-order valence-corrected chi connectivity index (χ4v) is 3.64. The molecule has 0 bridgehead atoms. The highest BCUT2D eigenvalue weighted by Crippen LogP contribution is 2.37. The van der Waals surface area contributed by atoms with Gasteiger partial charge in [0, 0.05) is 18.4 Å². The molecule has 0 saturated heterocycles. The topological polar surface area (TPSA) is 110 Å². The van der Waals surface area contributed by atoms with Gasteiger partial charge in [-0.15, -0.1) is 0 Å². The second-order valence-corrected chi connectivity index (χ2v) is 8.07. The smallest absolute Gasteiger partial charge is 0.348 e. The van der Waals surface area contributed by atoms with Crippen LogP contribution in [-0.4, -0.2) is 44.5 Å². The molecule has 1 aromatic carbocycles. The van der Waals surface area contributed by atoms with Gasteiger partial charge in [-0.25, -0.2) is 14.5 Å². The molecule has 8 nitrogen and oxygen atoms in total. The van der Waals surface area contributed by atoms with Crippen molar-refractivity contribution in [2.75, 3.05) is 13.4 Å². The molecule has 1 atom stereocenters. The Hall–Kier alpha value is -3.10. The summed E-state index contributed by atoms with van der Waals surface area (Å²) >= 11 is 0. The van der Waals surface area contributed by atoms with Crippen molar-refractivity contribution in [2.24, 2.45) is 0 Å². The average molecular weight is 442 g/mol. The minimum Gasteiger partial charge on any atom is -0.508 e. The number of aromatic hydroxyl groups is 2. The lowest BCUT2D eigenvalue weighted by molar-refractivity contribution is -0.0871. The number of benzene rings is 1. The van der Waals surface area contributed by atoms with E-state index in [1.807, 2.05) is 39.0 Å². The van der Waals surface area contributed by atoms with Gasteiger partial charge in [0.05, 0.1) is 11.7 Å². The van der Waals surface area contributed by atoms with E-state index in [9.17, 15) is 15.0 Å². The first-order valence-electron chi connectivity index (χ1n) is 10.8. The number of H-pyrrole nitrogens is 1. The molecular formula is C24H31N3O5. The predicted molar refractivity (Wildman–Crippen MR) is 123 cm³/mol. The normalized spacial score (nSPS) is 19.8. The molecule has 2 aromatic rings. The fourth-order valence-electron chi connectivity index (χ4n) is 3.64. The summed E-state index contributed by atoms with van der Waals surface area (Å²) in [5.41, 5.74) is 2.07. The van der Waals surface area contributed by atoms with E-state index >= 15 is 0 Å². The van der Waals surface area contributed by atoms with E-state index in [0.717, 1.165) is 12.0 Å². The van der Waals surface area contributed by atoms with Gasteiger partial charge in [0.15, 0.2) is 5.82 Å². The van der Waals surface area contributed by atoms with Crippen LogP contribution in [0.2, 0.25) is 0 Å². The quantitative estimate of drug-likeness (QED) is 0.437. The Morgan fingerprint density at radius 2 is 2.06 bits per heavy atom. The number of nitrogens with one attached hydrogen (secondary N) is 1. The van der Waals surface area contributed by atoms with Crippen LogP contribution >= 0.6 is 0 Å². The highest BCUT2D eigenvalue weighted by Gasteiger charge is 2.20. The van der Waals surface area contributed by atoms with Gasteiger partial charge in [-0.1, -0.05) is 38.2 Å². The highest BCUT2D eigenvalue weighted by molar-refractivity contribution is 5.72. The van der Waals surface area contributed by atoms with Crippen LogP contribution in [0.5, 0.6) is 11.5 Å². The van der Waals surface area contributed by atoms with Crippen molar-refractivity contribution >= 4 is 5.70 Å². The number of allylic oxidation sites excluding steroid dienone is 4. The second kappa shape index (κ2) is 10.5. The zero-order chi connectivity index (χ0) is 23.3. The molecule has 1 aliphatic rings. The summed E-state index contributed by atoms with van der Waals surface area (Å²) in [5.74, 6) is 0.129. The Morgan fingerprint density at radius 3 is 2.78 bits per heavy atom. The van der Waals surface area contributed by atoms with Crippen molar-refractivity contribution in [2.45, 2.75) is 52.1 Å². The molecule has 0 saturated carbocycles. The molecule has 1 unspecified atom stereocenters. The van der Waals surface area contributed by atoms with E-state index in [-0.39, 0.29) is 36.1 Å². The summed E-state index contributed by atoms with van der Waals surface area (Å²) in [6, 6.07) is 2.95. The molecule has 1 heterocycles. The van der Waals surface area contributed by atoms with Crippen LogP contribution in [0.25, 0.3) is 17.1 Å². The number of ether oxygens (including phenoxy) is 2. The second-order valence-electron chi connectivity index (χ2n) is 8.07. The molecule has 172 valence electrons. The van der Waals surface area contributed by atoms with Gasteiger partial charge in [-0.05, 0) is 49.8 Å². The first kappa shape index (κ1) is 23.6. The summed E-state index contributed by atoms with van der Waals surface area (Å²) < 4.78 is 12.5. The molecule has 3 N–H and O–H groups in total. The first-order valence-corrected chi connectivity index (χ1v) is 10.8. The molecule has 0 fully saturated rings. The Kier molecular flexibility index (Phi) is 7.71.